The first-order chi connectivity index (χ1) is 19.0. The van der Waals surface area contributed by atoms with Crippen molar-refractivity contribution in [3.05, 3.63) is 92.9 Å². The van der Waals surface area contributed by atoms with Gasteiger partial charge in [0.2, 0.25) is 11.8 Å². The predicted octanol–water partition coefficient (Wildman–Crippen LogP) is 6.48. The highest BCUT2D eigenvalue weighted by Crippen LogP contribution is 2.29. The zero-order chi connectivity index (χ0) is 29.4. The third-order valence-corrected chi connectivity index (χ3v) is 9.08. The lowest BCUT2D eigenvalue weighted by atomic mass is 10.1. The summed E-state index contributed by atoms with van der Waals surface area (Å²) in [6, 6.07) is 16.6. The van der Waals surface area contributed by atoms with Crippen LogP contribution in [0.4, 0.5) is 5.69 Å². The molecular weight excluding hydrogens is 593 g/mol. The Morgan fingerprint density at radius 2 is 1.50 bits per heavy atom. The number of carbonyl (C=O) groups is 2. The van der Waals surface area contributed by atoms with Crippen LogP contribution in [-0.4, -0.2) is 44.3 Å². The maximum atomic E-state index is 14.1. The Bertz CT molecular complexity index is 1410. The van der Waals surface area contributed by atoms with E-state index in [1.165, 1.54) is 29.2 Å². The zero-order valence-electron chi connectivity index (χ0n) is 22.5. The number of hydrogen-bond acceptors (Lipinski definition) is 4. The van der Waals surface area contributed by atoms with Crippen molar-refractivity contribution in [1.82, 2.24) is 10.2 Å². The number of hydrogen-bond donors (Lipinski definition) is 1. The normalized spacial score (nSPS) is 12.1. The molecule has 7 nitrogen and oxygen atoms in total. The number of carbonyl (C=O) groups excluding carboxylic acids is 2. The van der Waals surface area contributed by atoms with Gasteiger partial charge in [-0.25, -0.2) is 8.42 Å². The Hall–Kier alpha value is -2.78. The van der Waals surface area contributed by atoms with Gasteiger partial charge >= 0.3 is 0 Å². The molecule has 3 rings (SSSR count). The minimum Gasteiger partial charge on any atom is -0.354 e. The molecular formula is C29H32Cl3N3O4S. The highest BCUT2D eigenvalue weighted by molar-refractivity contribution is 7.92. The summed E-state index contributed by atoms with van der Waals surface area (Å²) in [7, 11) is -4.18. The molecule has 0 saturated carbocycles. The Morgan fingerprint density at radius 1 is 0.900 bits per heavy atom. The maximum absolute atomic E-state index is 14.1. The van der Waals surface area contributed by atoms with E-state index in [9.17, 15) is 18.0 Å². The van der Waals surface area contributed by atoms with Gasteiger partial charge in [-0.3, -0.25) is 13.9 Å². The van der Waals surface area contributed by atoms with Gasteiger partial charge in [0.15, 0.2) is 0 Å². The van der Waals surface area contributed by atoms with Crippen molar-refractivity contribution in [2.24, 2.45) is 0 Å². The molecule has 0 saturated heterocycles. The van der Waals surface area contributed by atoms with Gasteiger partial charge in [-0.15, -0.1) is 0 Å². The third kappa shape index (κ3) is 7.69. The monoisotopic (exact) mass is 623 g/mol. The first kappa shape index (κ1) is 31.7. The minimum absolute atomic E-state index is 0.0225. The van der Waals surface area contributed by atoms with Crippen molar-refractivity contribution >= 4 is 62.3 Å². The number of halogens is 3. The lowest BCUT2D eigenvalue weighted by Crippen LogP contribution is -2.52. The molecule has 0 spiro atoms. The first-order valence-electron chi connectivity index (χ1n) is 12.8. The maximum Gasteiger partial charge on any atom is 0.264 e. The van der Waals surface area contributed by atoms with Crippen LogP contribution < -0.4 is 9.62 Å². The summed E-state index contributed by atoms with van der Waals surface area (Å²) in [5, 5.41) is 3.91. The lowest BCUT2D eigenvalue weighted by Gasteiger charge is -2.33. The van der Waals surface area contributed by atoms with Gasteiger partial charge in [-0.05, 0) is 68.3 Å². The second kappa shape index (κ2) is 14.2. The van der Waals surface area contributed by atoms with E-state index in [4.69, 9.17) is 34.8 Å². The molecule has 214 valence electrons. The zero-order valence-corrected chi connectivity index (χ0v) is 25.6. The van der Waals surface area contributed by atoms with Crippen molar-refractivity contribution in [2.75, 3.05) is 17.4 Å². The molecule has 0 aliphatic carbocycles. The fourth-order valence-electron chi connectivity index (χ4n) is 4.11. The Labute approximate surface area is 251 Å². The molecule has 1 N–H and O–H groups in total. The number of amides is 2. The van der Waals surface area contributed by atoms with Crippen LogP contribution in [0.3, 0.4) is 0 Å². The molecule has 0 aliphatic heterocycles. The van der Waals surface area contributed by atoms with Crippen molar-refractivity contribution < 1.29 is 18.0 Å². The Morgan fingerprint density at radius 3 is 2.05 bits per heavy atom. The largest absolute Gasteiger partial charge is 0.354 e. The molecule has 0 unspecified atom stereocenters. The van der Waals surface area contributed by atoms with Crippen LogP contribution in [0.5, 0.6) is 0 Å². The average molecular weight is 625 g/mol. The van der Waals surface area contributed by atoms with Gasteiger partial charge in [-0.1, -0.05) is 72.4 Å². The van der Waals surface area contributed by atoms with E-state index in [-0.39, 0.29) is 29.5 Å². The van der Waals surface area contributed by atoms with E-state index >= 15 is 0 Å². The topological polar surface area (TPSA) is 86.8 Å². The summed E-state index contributed by atoms with van der Waals surface area (Å²) in [6.07, 6.45) is 1.00. The van der Waals surface area contributed by atoms with E-state index in [0.29, 0.717) is 33.6 Å². The van der Waals surface area contributed by atoms with Crippen molar-refractivity contribution in [2.45, 2.75) is 51.1 Å². The van der Waals surface area contributed by atoms with Gasteiger partial charge in [-0.2, -0.15) is 0 Å². The summed E-state index contributed by atoms with van der Waals surface area (Å²) >= 11 is 18.9. The average Bonchev–Trinajstić information content (AvgIpc) is 2.92. The molecule has 3 aromatic rings. The van der Waals surface area contributed by atoms with Crippen LogP contribution in [0.1, 0.15) is 37.8 Å². The summed E-state index contributed by atoms with van der Waals surface area (Å²) in [4.78, 5) is 28.6. The van der Waals surface area contributed by atoms with Crippen molar-refractivity contribution in [3.8, 4) is 0 Å². The van der Waals surface area contributed by atoms with Crippen LogP contribution in [0.2, 0.25) is 15.1 Å². The summed E-state index contributed by atoms with van der Waals surface area (Å²) < 4.78 is 28.8. The highest BCUT2D eigenvalue weighted by atomic mass is 35.5. The van der Waals surface area contributed by atoms with E-state index in [1.807, 2.05) is 13.8 Å². The third-order valence-electron chi connectivity index (χ3n) is 6.33. The molecule has 0 aromatic heterocycles. The number of aryl methyl sites for hydroxylation is 1. The molecule has 0 aliphatic rings. The van der Waals surface area contributed by atoms with Crippen LogP contribution in [-0.2, 0) is 26.2 Å². The molecule has 2 amide bonds. The van der Waals surface area contributed by atoms with Crippen molar-refractivity contribution in [3.63, 3.8) is 0 Å². The van der Waals surface area contributed by atoms with Gasteiger partial charge in [0.1, 0.15) is 12.6 Å². The first-order valence-corrected chi connectivity index (χ1v) is 15.4. The molecule has 40 heavy (non-hydrogen) atoms. The van der Waals surface area contributed by atoms with Gasteiger partial charge < -0.3 is 10.2 Å². The van der Waals surface area contributed by atoms with Crippen LogP contribution in [0.25, 0.3) is 0 Å². The van der Waals surface area contributed by atoms with Crippen LogP contribution in [0.15, 0.2) is 71.6 Å². The Kier molecular flexibility index (Phi) is 11.3. The molecule has 1 atom stereocenters. The molecule has 3 aromatic carbocycles. The molecule has 11 heteroatoms. The van der Waals surface area contributed by atoms with Crippen molar-refractivity contribution in [1.29, 1.82) is 0 Å². The highest BCUT2D eigenvalue weighted by Gasteiger charge is 2.34. The minimum atomic E-state index is -4.18. The fraction of sp³-hybridized carbons (Fsp3) is 0.310. The standard InChI is InChI=1S/C29H32Cl3N3O4S/c1-4-17-33-29(37)27(5-2)34(18-24-25(31)7-6-8-26(24)32)28(36)19-35(22-13-11-21(30)12-14-22)40(38,39)23-15-9-20(3)10-16-23/h6-16,27H,4-5,17-19H2,1-3H3,(H,33,37)/t27-/m0/s1. The molecule has 0 fully saturated rings. The van der Waals surface area contributed by atoms with Crippen LogP contribution >= 0.6 is 34.8 Å². The molecule has 0 radical (unpaired) electrons. The van der Waals surface area contributed by atoms with Gasteiger partial charge in [0.25, 0.3) is 10.0 Å². The lowest BCUT2D eigenvalue weighted by molar-refractivity contribution is -0.140. The van der Waals surface area contributed by atoms with Crippen LogP contribution in [0, 0.1) is 6.92 Å². The number of nitrogens with zero attached hydrogens (tertiary/aromatic N) is 2. The van der Waals surface area contributed by atoms with E-state index < -0.39 is 28.5 Å². The van der Waals surface area contributed by atoms with Gasteiger partial charge in [0.05, 0.1) is 10.6 Å². The number of anilines is 1. The number of sulfonamides is 1. The predicted molar refractivity (Wildman–Crippen MR) is 162 cm³/mol. The smallest absolute Gasteiger partial charge is 0.264 e. The fourth-order valence-corrected chi connectivity index (χ4v) is 6.17. The number of nitrogens with one attached hydrogen (secondary N) is 1. The van der Waals surface area contributed by atoms with Gasteiger partial charge in [0, 0.05) is 33.7 Å². The molecule has 0 heterocycles. The Balaban J connectivity index is 2.08. The van der Waals surface area contributed by atoms with E-state index in [0.717, 1.165) is 9.87 Å². The number of benzene rings is 3. The number of rotatable bonds is 12. The van der Waals surface area contributed by atoms with E-state index in [2.05, 4.69) is 5.32 Å². The second-order valence-electron chi connectivity index (χ2n) is 9.24. The summed E-state index contributed by atoms with van der Waals surface area (Å²) in [5.41, 5.74) is 1.60. The summed E-state index contributed by atoms with van der Waals surface area (Å²) in [6.45, 7) is 5.33. The molecule has 0 bridgehead atoms. The second-order valence-corrected chi connectivity index (χ2v) is 12.4. The SMILES string of the molecule is CCCNC(=O)[C@H](CC)N(Cc1c(Cl)cccc1Cl)C(=O)CN(c1ccc(Cl)cc1)S(=O)(=O)c1ccc(C)cc1. The van der Waals surface area contributed by atoms with E-state index in [1.54, 1.807) is 49.4 Å². The quantitative estimate of drug-likeness (QED) is 0.250. The summed E-state index contributed by atoms with van der Waals surface area (Å²) in [5.74, 6) is -0.944.